The van der Waals surface area contributed by atoms with E-state index < -0.39 is 0 Å². The minimum Gasteiger partial charge on any atom is -0.361 e. The molecule has 1 N–H and O–H groups in total. The van der Waals surface area contributed by atoms with Crippen molar-refractivity contribution in [2.24, 2.45) is 0 Å². The monoisotopic (exact) mass is 355 g/mol. The molecule has 0 spiro atoms. The summed E-state index contributed by atoms with van der Waals surface area (Å²) in [7, 11) is 0. The van der Waals surface area contributed by atoms with E-state index in [0.29, 0.717) is 19.5 Å². The van der Waals surface area contributed by atoms with E-state index in [0.717, 1.165) is 27.6 Å². The van der Waals surface area contributed by atoms with Gasteiger partial charge >= 0.3 is 0 Å². The van der Waals surface area contributed by atoms with Gasteiger partial charge in [0, 0.05) is 42.6 Å². The largest absolute Gasteiger partial charge is 0.361 e. The number of carbonyl (C=O) groups excluding carboxylic acids is 1. The van der Waals surface area contributed by atoms with Gasteiger partial charge in [-0.15, -0.1) is 0 Å². The number of pyridine rings is 1. The number of fused-ring (bicyclic) bond motifs is 1. The number of hydrogen-bond donors (Lipinski definition) is 1. The zero-order chi connectivity index (χ0) is 18.5. The number of benzene rings is 2. The van der Waals surface area contributed by atoms with Gasteiger partial charge in [-0.25, -0.2) is 0 Å². The fraction of sp³-hybridized carbons (Fsp3) is 0.130. The van der Waals surface area contributed by atoms with Crippen LogP contribution in [0.25, 0.3) is 10.9 Å². The molecule has 4 nitrogen and oxygen atoms in total. The first-order chi connectivity index (χ1) is 13.3. The summed E-state index contributed by atoms with van der Waals surface area (Å²) in [5, 5.41) is 1.10. The molecule has 0 aliphatic carbocycles. The molecule has 0 atom stereocenters. The Kier molecular flexibility index (Phi) is 4.97. The van der Waals surface area contributed by atoms with Gasteiger partial charge < -0.3 is 9.88 Å². The lowest BCUT2D eigenvalue weighted by molar-refractivity contribution is -0.131. The van der Waals surface area contributed by atoms with Crippen molar-refractivity contribution in [3.63, 3.8) is 0 Å². The summed E-state index contributed by atoms with van der Waals surface area (Å²) >= 11 is 0. The van der Waals surface area contributed by atoms with Crippen LogP contribution >= 0.6 is 0 Å². The van der Waals surface area contributed by atoms with Crippen molar-refractivity contribution in [1.29, 1.82) is 0 Å². The second-order valence-electron chi connectivity index (χ2n) is 6.63. The summed E-state index contributed by atoms with van der Waals surface area (Å²) in [6.45, 7) is 1.13. The van der Waals surface area contributed by atoms with E-state index in [1.807, 2.05) is 65.8 Å². The number of para-hydroxylation sites is 1. The third kappa shape index (κ3) is 4.06. The molecular formula is C23H21N3O. The van der Waals surface area contributed by atoms with Crippen molar-refractivity contribution < 1.29 is 4.79 Å². The maximum atomic E-state index is 13.2. The Morgan fingerprint density at radius 2 is 1.63 bits per heavy atom. The molecule has 1 amide bonds. The van der Waals surface area contributed by atoms with Crippen LogP contribution in [0.3, 0.4) is 0 Å². The highest BCUT2D eigenvalue weighted by Gasteiger charge is 2.17. The average Bonchev–Trinajstić information content (AvgIpc) is 3.12. The maximum Gasteiger partial charge on any atom is 0.227 e. The number of nitrogens with one attached hydrogen (secondary N) is 1. The Hall–Kier alpha value is -3.40. The third-order valence-corrected chi connectivity index (χ3v) is 4.68. The SMILES string of the molecule is O=C(Cc1c[nH]c2ccccc12)N(Cc1ccccc1)Cc1cccnc1. The number of nitrogens with zero attached hydrogens (tertiary/aromatic N) is 2. The van der Waals surface area contributed by atoms with Crippen LogP contribution in [0, 0.1) is 0 Å². The molecule has 0 bridgehead atoms. The van der Waals surface area contributed by atoms with Crippen LogP contribution in [-0.4, -0.2) is 20.8 Å². The van der Waals surface area contributed by atoms with Crippen molar-refractivity contribution in [2.45, 2.75) is 19.5 Å². The van der Waals surface area contributed by atoms with E-state index in [4.69, 9.17) is 0 Å². The molecule has 0 fully saturated rings. The molecule has 0 radical (unpaired) electrons. The first-order valence-corrected chi connectivity index (χ1v) is 9.05. The van der Waals surface area contributed by atoms with Crippen LogP contribution in [0.2, 0.25) is 0 Å². The molecule has 4 aromatic rings. The molecule has 0 saturated heterocycles. The predicted octanol–water partition coefficient (Wildman–Crippen LogP) is 4.33. The van der Waals surface area contributed by atoms with Gasteiger partial charge in [0.05, 0.1) is 6.42 Å². The summed E-state index contributed by atoms with van der Waals surface area (Å²) in [6.07, 6.45) is 5.88. The predicted molar refractivity (Wildman–Crippen MR) is 107 cm³/mol. The average molecular weight is 355 g/mol. The lowest BCUT2D eigenvalue weighted by Crippen LogP contribution is -2.31. The first kappa shape index (κ1) is 17.0. The molecule has 2 aromatic heterocycles. The molecule has 0 unspecified atom stereocenters. The Labute approximate surface area is 158 Å². The molecule has 4 rings (SSSR count). The second kappa shape index (κ2) is 7.87. The van der Waals surface area contributed by atoms with Crippen molar-refractivity contribution in [2.75, 3.05) is 0 Å². The number of H-pyrrole nitrogens is 1. The summed E-state index contributed by atoms with van der Waals surface area (Å²) in [5.41, 5.74) is 4.23. The minimum atomic E-state index is 0.104. The molecular weight excluding hydrogens is 334 g/mol. The first-order valence-electron chi connectivity index (χ1n) is 9.05. The lowest BCUT2D eigenvalue weighted by Gasteiger charge is -2.23. The zero-order valence-electron chi connectivity index (χ0n) is 15.0. The minimum absolute atomic E-state index is 0.104. The van der Waals surface area contributed by atoms with E-state index in [9.17, 15) is 4.79 Å². The lowest BCUT2D eigenvalue weighted by atomic mass is 10.1. The van der Waals surface area contributed by atoms with Crippen LogP contribution in [0.5, 0.6) is 0 Å². The van der Waals surface area contributed by atoms with Crippen LogP contribution < -0.4 is 0 Å². The van der Waals surface area contributed by atoms with Gasteiger partial charge in [0.25, 0.3) is 0 Å². The number of rotatable bonds is 6. The number of carbonyl (C=O) groups is 1. The summed E-state index contributed by atoms with van der Waals surface area (Å²) in [4.78, 5) is 22.5. The number of amides is 1. The maximum absolute atomic E-state index is 13.2. The molecule has 4 heteroatoms. The standard InChI is InChI=1S/C23H21N3O/c27-23(13-20-15-25-22-11-5-4-10-21(20)22)26(16-18-7-2-1-3-8-18)17-19-9-6-12-24-14-19/h1-12,14-15,25H,13,16-17H2. The van der Waals surface area contributed by atoms with E-state index >= 15 is 0 Å². The zero-order valence-corrected chi connectivity index (χ0v) is 15.0. The fourth-order valence-electron chi connectivity index (χ4n) is 3.30. The third-order valence-electron chi connectivity index (χ3n) is 4.68. The number of aromatic nitrogens is 2. The van der Waals surface area contributed by atoms with Crippen LogP contribution in [0.15, 0.2) is 85.3 Å². The van der Waals surface area contributed by atoms with Crippen molar-refractivity contribution >= 4 is 16.8 Å². The topological polar surface area (TPSA) is 49.0 Å². The van der Waals surface area contributed by atoms with E-state index in [1.54, 1.807) is 6.20 Å². The van der Waals surface area contributed by atoms with Crippen LogP contribution in [-0.2, 0) is 24.3 Å². The van der Waals surface area contributed by atoms with Gasteiger partial charge in [0.1, 0.15) is 0 Å². The second-order valence-corrected chi connectivity index (χ2v) is 6.63. The fourth-order valence-corrected chi connectivity index (χ4v) is 3.30. The van der Waals surface area contributed by atoms with Gasteiger partial charge in [-0.2, -0.15) is 0 Å². The van der Waals surface area contributed by atoms with Crippen molar-refractivity contribution in [3.8, 4) is 0 Å². The van der Waals surface area contributed by atoms with Crippen molar-refractivity contribution in [1.82, 2.24) is 14.9 Å². The van der Waals surface area contributed by atoms with Gasteiger partial charge in [-0.05, 0) is 28.8 Å². The summed E-state index contributed by atoms with van der Waals surface area (Å²) < 4.78 is 0. The molecule has 2 aromatic carbocycles. The van der Waals surface area contributed by atoms with Crippen LogP contribution in [0.4, 0.5) is 0 Å². The number of hydrogen-bond acceptors (Lipinski definition) is 2. The molecule has 134 valence electrons. The van der Waals surface area contributed by atoms with Gasteiger partial charge in [0.15, 0.2) is 0 Å². The summed E-state index contributed by atoms with van der Waals surface area (Å²) in [6, 6.07) is 22.1. The van der Waals surface area contributed by atoms with Gasteiger partial charge in [-0.3, -0.25) is 9.78 Å². The Bertz CT molecular complexity index is 984. The van der Waals surface area contributed by atoms with Gasteiger partial charge in [-0.1, -0.05) is 54.6 Å². The molecule has 0 aliphatic heterocycles. The Balaban J connectivity index is 1.57. The quantitative estimate of drug-likeness (QED) is 0.559. The highest BCUT2D eigenvalue weighted by molar-refractivity contribution is 5.88. The molecule has 2 heterocycles. The summed E-state index contributed by atoms with van der Waals surface area (Å²) in [5.74, 6) is 0.104. The van der Waals surface area contributed by atoms with Crippen molar-refractivity contribution in [3.05, 3.63) is 102 Å². The molecule has 0 saturated carbocycles. The number of aromatic amines is 1. The Morgan fingerprint density at radius 1 is 0.889 bits per heavy atom. The Morgan fingerprint density at radius 3 is 2.44 bits per heavy atom. The molecule has 27 heavy (non-hydrogen) atoms. The highest BCUT2D eigenvalue weighted by Crippen LogP contribution is 2.20. The van der Waals surface area contributed by atoms with E-state index in [2.05, 4.69) is 28.2 Å². The smallest absolute Gasteiger partial charge is 0.227 e. The normalized spacial score (nSPS) is 10.8. The van der Waals surface area contributed by atoms with E-state index in [-0.39, 0.29) is 5.91 Å². The highest BCUT2D eigenvalue weighted by atomic mass is 16.2. The molecule has 0 aliphatic rings. The van der Waals surface area contributed by atoms with E-state index in [1.165, 1.54) is 0 Å². The van der Waals surface area contributed by atoms with Crippen LogP contribution in [0.1, 0.15) is 16.7 Å². The van der Waals surface area contributed by atoms with Gasteiger partial charge in [0.2, 0.25) is 5.91 Å².